The first-order valence-electron chi connectivity index (χ1n) is 21.0. The summed E-state index contributed by atoms with van der Waals surface area (Å²) in [6.45, 7) is 12.0. The van der Waals surface area contributed by atoms with Crippen LogP contribution in [0.4, 0.5) is 0 Å². The van der Waals surface area contributed by atoms with Gasteiger partial charge in [-0.1, -0.05) is 107 Å². The van der Waals surface area contributed by atoms with Gasteiger partial charge in [-0.3, -0.25) is 24.0 Å². The van der Waals surface area contributed by atoms with Crippen LogP contribution in [-0.4, -0.2) is 62.2 Å². The maximum Gasteiger partial charge on any atom is 0.330 e. The molecule has 0 aliphatic heterocycles. The zero-order chi connectivity index (χ0) is 46.1. The van der Waals surface area contributed by atoms with Crippen LogP contribution in [-0.2, 0) is 53.1 Å². The molecule has 64 heavy (non-hydrogen) atoms. The number of ether oxygens (including phenoxy) is 6. The number of hydrogen-bond acceptors (Lipinski definition) is 12. The molecule has 1 aliphatic rings. The van der Waals surface area contributed by atoms with Gasteiger partial charge in [0.1, 0.15) is 11.5 Å². The summed E-state index contributed by atoms with van der Waals surface area (Å²) in [6.07, 6.45) is 0.283. The lowest BCUT2D eigenvalue weighted by molar-refractivity contribution is -0.153. The Labute approximate surface area is 372 Å². The summed E-state index contributed by atoms with van der Waals surface area (Å²) >= 11 is 0. The molecule has 5 aromatic rings. The monoisotopic (exact) mass is 868 g/mol. The van der Waals surface area contributed by atoms with E-state index < -0.39 is 52.1 Å². The second kappa shape index (κ2) is 20.0. The summed E-state index contributed by atoms with van der Waals surface area (Å²) in [4.78, 5) is 73.4. The molecule has 12 nitrogen and oxygen atoms in total. The van der Waals surface area contributed by atoms with E-state index in [1.807, 2.05) is 48.5 Å². The Bertz CT molecular complexity index is 2550. The molecule has 0 N–H and O–H groups in total. The molecule has 1 aliphatic carbocycles. The van der Waals surface area contributed by atoms with Gasteiger partial charge in [0, 0.05) is 23.8 Å². The Kier molecular flexibility index (Phi) is 14.5. The molecule has 5 aromatic carbocycles. The van der Waals surface area contributed by atoms with Crippen LogP contribution >= 0.6 is 0 Å². The van der Waals surface area contributed by atoms with E-state index >= 15 is 0 Å². The Morgan fingerprint density at radius 2 is 0.953 bits per heavy atom. The minimum atomic E-state index is -0.852. The number of rotatable bonds is 19. The van der Waals surface area contributed by atoms with E-state index in [1.54, 1.807) is 52.0 Å². The summed E-state index contributed by atoms with van der Waals surface area (Å²) in [5, 5.41) is 2.15. The standard InChI is InChI=1S/C52H52O12/c1-7-45(54)60-31-51(5,6)33-62-47(56)25-27-49(58)64-40-22-18-38(19-23-40)52(43-15-11-10-14-41(43)42-28-35-12-8-9-13-36(35)29-44(42)52)37-16-20-39(21-17-37)63-48(57)26-24-46(55)61-32-50(3,4)30-59-34(2)53/h7-23,28-29H,1,24-27,30-33H2,2-6H3. The molecule has 0 spiro atoms. The van der Waals surface area contributed by atoms with Crippen molar-refractivity contribution < 1.29 is 57.2 Å². The van der Waals surface area contributed by atoms with Crippen molar-refractivity contribution in [3.63, 3.8) is 0 Å². The van der Waals surface area contributed by atoms with Gasteiger partial charge >= 0.3 is 35.8 Å². The van der Waals surface area contributed by atoms with E-state index in [4.69, 9.17) is 28.4 Å². The van der Waals surface area contributed by atoms with Gasteiger partial charge in [0.15, 0.2) is 0 Å². The van der Waals surface area contributed by atoms with Gasteiger partial charge in [-0.05, 0) is 80.6 Å². The lowest BCUT2D eigenvalue weighted by Gasteiger charge is -2.34. The smallest absolute Gasteiger partial charge is 0.330 e. The summed E-state index contributed by atoms with van der Waals surface area (Å²) < 4.78 is 32.1. The van der Waals surface area contributed by atoms with E-state index in [2.05, 4.69) is 43.0 Å². The number of esters is 6. The van der Waals surface area contributed by atoms with Gasteiger partial charge in [-0.25, -0.2) is 4.79 Å². The molecule has 0 saturated carbocycles. The van der Waals surface area contributed by atoms with Crippen LogP contribution in [0.1, 0.15) is 82.6 Å². The van der Waals surface area contributed by atoms with Crippen molar-refractivity contribution in [1.29, 1.82) is 0 Å². The predicted molar refractivity (Wildman–Crippen MR) is 238 cm³/mol. The first-order valence-corrected chi connectivity index (χ1v) is 21.0. The zero-order valence-corrected chi connectivity index (χ0v) is 36.7. The van der Waals surface area contributed by atoms with Crippen LogP contribution < -0.4 is 9.47 Å². The third-order valence-corrected chi connectivity index (χ3v) is 10.7. The van der Waals surface area contributed by atoms with E-state index in [0.29, 0.717) is 11.5 Å². The number of benzene rings is 5. The van der Waals surface area contributed by atoms with E-state index in [0.717, 1.165) is 50.2 Å². The second-order valence-corrected chi connectivity index (χ2v) is 17.3. The molecule has 332 valence electrons. The average Bonchev–Trinajstić information content (AvgIpc) is 3.57. The van der Waals surface area contributed by atoms with Crippen molar-refractivity contribution in [2.24, 2.45) is 10.8 Å². The summed E-state index contributed by atoms with van der Waals surface area (Å²) in [5.41, 5.74) is 3.90. The molecule has 0 bridgehead atoms. The van der Waals surface area contributed by atoms with Crippen LogP contribution in [0.3, 0.4) is 0 Å². The highest BCUT2D eigenvalue weighted by Crippen LogP contribution is 2.57. The molecular formula is C52H52O12. The fourth-order valence-electron chi connectivity index (χ4n) is 7.47. The molecule has 0 amide bonds. The van der Waals surface area contributed by atoms with Crippen LogP contribution in [0.2, 0.25) is 0 Å². The molecule has 1 atom stereocenters. The molecule has 0 saturated heterocycles. The lowest BCUT2D eigenvalue weighted by Crippen LogP contribution is -2.28. The highest BCUT2D eigenvalue weighted by Gasteiger charge is 2.46. The number of hydrogen-bond donors (Lipinski definition) is 0. The van der Waals surface area contributed by atoms with Gasteiger partial charge in [-0.2, -0.15) is 0 Å². The fraction of sp³-hybridized carbons (Fsp3) is 0.308. The van der Waals surface area contributed by atoms with Crippen LogP contribution in [0.5, 0.6) is 11.5 Å². The van der Waals surface area contributed by atoms with Gasteiger partial charge in [0.05, 0.1) is 57.5 Å². The largest absolute Gasteiger partial charge is 0.465 e. The Morgan fingerprint density at radius 3 is 1.45 bits per heavy atom. The van der Waals surface area contributed by atoms with E-state index in [9.17, 15) is 28.8 Å². The van der Waals surface area contributed by atoms with Crippen molar-refractivity contribution >= 4 is 46.6 Å². The van der Waals surface area contributed by atoms with Gasteiger partial charge in [0.25, 0.3) is 0 Å². The SMILES string of the molecule is C=CC(=O)OCC(C)(C)COC(=O)CCC(=O)Oc1ccc(C2(c3ccc(OC(=O)CCC(=O)OCC(C)(C)COC(C)=O)cc3)c3ccccc3-c3cc4ccccc4cc32)cc1. The first kappa shape index (κ1) is 46.4. The minimum Gasteiger partial charge on any atom is -0.465 e. The molecule has 0 radical (unpaired) electrons. The lowest BCUT2D eigenvalue weighted by atomic mass is 9.67. The molecule has 0 heterocycles. The Morgan fingerprint density at radius 1 is 0.516 bits per heavy atom. The minimum absolute atomic E-state index is 0.00958. The zero-order valence-electron chi connectivity index (χ0n) is 36.7. The third-order valence-electron chi connectivity index (χ3n) is 10.7. The van der Waals surface area contributed by atoms with Crippen molar-refractivity contribution in [1.82, 2.24) is 0 Å². The average molecular weight is 869 g/mol. The first-order chi connectivity index (χ1) is 30.5. The highest BCUT2D eigenvalue weighted by molar-refractivity contribution is 5.96. The molecule has 0 fully saturated rings. The molecular weight excluding hydrogens is 817 g/mol. The maximum atomic E-state index is 12.9. The van der Waals surface area contributed by atoms with Crippen molar-refractivity contribution in [3.05, 3.63) is 144 Å². The van der Waals surface area contributed by atoms with Gasteiger partial charge < -0.3 is 28.4 Å². The maximum absolute atomic E-state index is 12.9. The summed E-state index contributed by atoms with van der Waals surface area (Å²) in [7, 11) is 0. The molecule has 6 rings (SSSR count). The third kappa shape index (κ3) is 11.3. The highest BCUT2D eigenvalue weighted by atomic mass is 16.6. The molecule has 1 unspecified atom stereocenters. The Hall–Kier alpha value is -7.08. The predicted octanol–water partition coefficient (Wildman–Crippen LogP) is 9.01. The summed E-state index contributed by atoms with van der Waals surface area (Å²) in [6, 6.07) is 35.4. The molecule has 12 heteroatoms. The van der Waals surface area contributed by atoms with Gasteiger partial charge in [-0.15, -0.1) is 0 Å². The molecule has 0 aromatic heterocycles. The van der Waals surface area contributed by atoms with Crippen LogP contribution in [0.15, 0.2) is 122 Å². The topological polar surface area (TPSA) is 158 Å². The fourth-order valence-corrected chi connectivity index (χ4v) is 7.47. The van der Waals surface area contributed by atoms with E-state index in [1.165, 1.54) is 6.92 Å². The van der Waals surface area contributed by atoms with E-state index in [-0.39, 0.29) is 52.1 Å². The second-order valence-electron chi connectivity index (χ2n) is 17.3. The van der Waals surface area contributed by atoms with Crippen molar-refractivity contribution in [2.75, 3.05) is 26.4 Å². The van der Waals surface area contributed by atoms with Crippen LogP contribution in [0, 0.1) is 10.8 Å². The van der Waals surface area contributed by atoms with Crippen molar-refractivity contribution in [3.8, 4) is 22.6 Å². The Balaban J connectivity index is 1.19. The van der Waals surface area contributed by atoms with Gasteiger partial charge in [0.2, 0.25) is 0 Å². The van der Waals surface area contributed by atoms with Crippen LogP contribution in [0.25, 0.3) is 21.9 Å². The normalized spacial score (nSPS) is 14.1. The number of carbonyl (C=O) groups excluding carboxylic acids is 6. The quantitative estimate of drug-likeness (QED) is 0.0330. The number of carbonyl (C=O) groups is 6. The summed E-state index contributed by atoms with van der Waals surface area (Å²) in [5.74, 6) is -2.76. The number of fused-ring (bicyclic) bond motifs is 4. The van der Waals surface area contributed by atoms with Crippen molar-refractivity contribution in [2.45, 2.75) is 65.7 Å².